The van der Waals surface area contributed by atoms with Gasteiger partial charge in [-0.25, -0.2) is 0 Å². The molecule has 130 valence electrons. The third-order valence-corrected chi connectivity index (χ3v) is 5.46. The normalized spacial score (nSPS) is 12.3. The summed E-state index contributed by atoms with van der Waals surface area (Å²) in [4.78, 5) is 4.15. The number of nitrogens with two attached hydrogens (primary N) is 1. The van der Waals surface area contributed by atoms with Crippen LogP contribution in [0.15, 0.2) is 67.0 Å². The Balaban J connectivity index is 1.41. The van der Waals surface area contributed by atoms with Crippen LogP contribution in [-0.4, -0.2) is 21.2 Å². The highest BCUT2D eigenvalue weighted by Crippen LogP contribution is 2.27. The van der Waals surface area contributed by atoms with E-state index in [2.05, 4.69) is 57.6 Å². The van der Waals surface area contributed by atoms with Gasteiger partial charge in [0.2, 0.25) is 0 Å². The summed E-state index contributed by atoms with van der Waals surface area (Å²) in [5.41, 5.74) is 8.66. The molecule has 0 aliphatic carbocycles. The molecule has 5 heteroatoms. The first-order chi connectivity index (χ1) is 12.8. The Morgan fingerprint density at radius 1 is 0.962 bits per heavy atom. The average molecular weight is 360 g/mol. The molecule has 1 atom stereocenters. The predicted octanol–water partition coefficient (Wildman–Crippen LogP) is 4.26. The smallest absolute Gasteiger partial charge is 0.147 e. The molecular weight excluding hydrogens is 340 g/mol. The van der Waals surface area contributed by atoms with E-state index >= 15 is 0 Å². The minimum Gasteiger partial charge on any atom is -0.327 e. The zero-order valence-corrected chi connectivity index (χ0v) is 15.2. The van der Waals surface area contributed by atoms with Gasteiger partial charge in [0.05, 0.1) is 0 Å². The van der Waals surface area contributed by atoms with Crippen molar-refractivity contribution in [2.45, 2.75) is 25.3 Å². The fourth-order valence-corrected chi connectivity index (χ4v) is 3.87. The van der Waals surface area contributed by atoms with Gasteiger partial charge in [0.25, 0.3) is 0 Å². The lowest BCUT2D eigenvalue weighted by atomic mass is 10.0. The first-order valence-corrected chi connectivity index (χ1v) is 9.55. The van der Waals surface area contributed by atoms with Crippen molar-refractivity contribution in [3.05, 3.63) is 77.6 Å². The summed E-state index contributed by atoms with van der Waals surface area (Å²) in [7, 11) is 0. The lowest BCUT2D eigenvalue weighted by Crippen LogP contribution is -2.23. The van der Waals surface area contributed by atoms with E-state index in [1.54, 1.807) is 11.3 Å². The fourth-order valence-electron chi connectivity index (χ4n) is 3.02. The van der Waals surface area contributed by atoms with Gasteiger partial charge in [-0.3, -0.25) is 4.98 Å². The largest absolute Gasteiger partial charge is 0.327 e. The molecule has 0 spiro atoms. The summed E-state index contributed by atoms with van der Waals surface area (Å²) in [6, 6.07) is 18.8. The summed E-state index contributed by atoms with van der Waals surface area (Å²) < 4.78 is 0. The quantitative estimate of drug-likeness (QED) is 0.558. The Hall–Kier alpha value is -2.63. The van der Waals surface area contributed by atoms with Gasteiger partial charge in [0.15, 0.2) is 0 Å². The third-order valence-electron chi connectivity index (χ3n) is 4.42. The molecule has 0 unspecified atom stereocenters. The van der Waals surface area contributed by atoms with Crippen LogP contribution in [0.3, 0.4) is 0 Å². The van der Waals surface area contributed by atoms with E-state index in [4.69, 9.17) is 5.73 Å². The highest BCUT2D eigenvalue weighted by atomic mass is 32.1. The second-order valence-electron chi connectivity index (χ2n) is 6.43. The molecule has 0 radical (unpaired) electrons. The Labute approximate surface area is 156 Å². The van der Waals surface area contributed by atoms with Crippen LogP contribution in [0.2, 0.25) is 0 Å². The van der Waals surface area contributed by atoms with E-state index in [0.29, 0.717) is 0 Å². The summed E-state index contributed by atoms with van der Waals surface area (Å²) in [5, 5.41) is 13.0. The van der Waals surface area contributed by atoms with E-state index in [1.165, 1.54) is 10.9 Å². The summed E-state index contributed by atoms with van der Waals surface area (Å²) in [6.07, 6.45) is 6.35. The van der Waals surface area contributed by atoms with Gasteiger partial charge >= 0.3 is 0 Å². The van der Waals surface area contributed by atoms with Gasteiger partial charge in [-0.1, -0.05) is 53.8 Å². The highest BCUT2D eigenvalue weighted by molar-refractivity contribution is 7.14. The van der Waals surface area contributed by atoms with Crippen LogP contribution in [0.4, 0.5) is 0 Å². The average Bonchev–Trinajstić information content (AvgIpc) is 3.16. The van der Waals surface area contributed by atoms with E-state index in [1.807, 2.05) is 24.5 Å². The molecule has 4 aromatic rings. The van der Waals surface area contributed by atoms with Crippen LogP contribution in [0.1, 0.15) is 17.0 Å². The molecule has 26 heavy (non-hydrogen) atoms. The van der Waals surface area contributed by atoms with Crippen molar-refractivity contribution in [1.29, 1.82) is 0 Å². The third kappa shape index (κ3) is 3.95. The molecule has 4 nitrogen and oxygen atoms in total. The minimum absolute atomic E-state index is 0.137. The van der Waals surface area contributed by atoms with Crippen LogP contribution >= 0.6 is 11.3 Å². The number of nitrogens with zero attached hydrogens (tertiary/aromatic N) is 3. The van der Waals surface area contributed by atoms with E-state index in [9.17, 15) is 0 Å². The lowest BCUT2D eigenvalue weighted by molar-refractivity contribution is 0.607. The molecular formula is C21H20N4S. The molecule has 0 amide bonds. The van der Waals surface area contributed by atoms with Crippen molar-refractivity contribution in [2.75, 3.05) is 0 Å². The number of rotatable bonds is 6. The van der Waals surface area contributed by atoms with Gasteiger partial charge in [0, 0.05) is 35.8 Å². The first kappa shape index (κ1) is 16.8. The molecule has 2 aromatic heterocycles. The summed E-state index contributed by atoms with van der Waals surface area (Å²) >= 11 is 1.65. The van der Waals surface area contributed by atoms with Gasteiger partial charge in [-0.05, 0) is 35.9 Å². The number of benzene rings is 2. The van der Waals surface area contributed by atoms with E-state index < -0.39 is 0 Å². The maximum atomic E-state index is 6.28. The van der Waals surface area contributed by atoms with Gasteiger partial charge < -0.3 is 5.73 Å². The Kier molecular flexibility index (Phi) is 5.00. The van der Waals surface area contributed by atoms with Gasteiger partial charge in [0.1, 0.15) is 10.0 Å². The maximum absolute atomic E-state index is 6.28. The second kappa shape index (κ2) is 7.72. The van der Waals surface area contributed by atoms with Crippen LogP contribution in [0.25, 0.3) is 21.3 Å². The number of aryl methyl sites for hydroxylation is 1. The van der Waals surface area contributed by atoms with Crippen LogP contribution < -0.4 is 5.73 Å². The molecule has 0 saturated carbocycles. The van der Waals surface area contributed by atoms with Crippen LogP contribution in [0, 0.1) is 0 Å². The van der Waals surface area contributed by atoms with Crippen LogP contribution in [0.5, 0.6) is 0 Å². The molecule has 0 aliphatic heterocycles. The van der Waals surface area contributed by atoms with Crippen molar-refractivity contribution >= 4 is 22.1 Å². The van der Waals surface area contributed by atoms with Crippen LogP contribution in [-0.2, 0) is 12.8 Å². The highest BCUT2D eigenvalue weighted by Gasteiger charge is 2.10. The van der Waals surface area contributed by atoms with E-state index in [-0.39, 0.29) is 6.04 Å². The molecule has 0 aliphatic rings. The lowest BCUT2D eigenvalue weighted by Gasteiger charge is -2.10. The van der Waals surface area contributed by atoms with Crippen molar-refractivity contribution in [2.24, 2.45) is 5.73 Å². The maximum Gasteiger partial charge on any atom is 0.147 e. The molecule has 4 rings (SSSR count). The van der Waals surface area contributed by atoms with Crippen molar-refractivity contribution in [3.8, 4) is 10.6 Å². The zero-order chi connectivity index (χ0) is 17.8. The topological polar surface area (TPSA) is 64.7 Å². The Morgan fingerprint density at radius 2 is 1.85 bits per heavy atom. The van der Waals surface area contributed by atoms with E-state index in [0.717, 1.165) is 40.2 Å². The summed E-state index contributed by atoms with van der Waals surface area (Å²) in [6.45, 7) is 0. The minimum atomic E-state index is 0.137. The molecule has 2 aromatic carbocycles. The number of fused-ring (bicyclic) bond motifs is 1. The SMILES string of the molecule is N[C@H](CCc1nnc(-c2ccc3cnccc3c2)s1)Cc1ccccc1. The standard InChI is InChI=1S/C21H20N4S/c22-19(12-15-4-2-1-3-5-15)8-9-20-24-25-21(26-20)17-6-7-18-14-23-11-10-16(18)13-17/h1-7,10-11,13-14,19H,8-9,12,22H2/t19-/m1/s1. The molecule has 2 heterocycles. The Morgan fingerprint density at radius 3 is 2.73 bits per heavy atom. The van der Waals surface area contributed by atoms with Crippen molar-refractivity contribution in [1.82, 2.24) is 15.2 Å². The molecule has 0 saturated heterocycles. The zero-order valence-electron chi connectivity index (χ0n) is 14.4. The molecule has 0 bridgehead atoms. The first-order valence-electron chi connectivity index (χ1n) is 8.74. The Bertz CT molecular complexity index is 997. The number of pyridine rings is 1. The number of hydrogen-bond donors (Lipinski definition) is 1. The predicted molar refractivity (Wildman–Crippen MR) is 107 cm³/mol. The fraction of sp³-hybridized carbons (Fsp3) is 0.190. The number of hydrogen-bond acceptors (Lipinski definition) is 5. The monoisotopic (exact) mass is 360 g/mol. The number of aromatic nitrogens is 3. The second-order valence-corrected chi connectivity index (χ2v) is 7.49. The van der Waals surface area contributed by atoms with Crippen molar-refractivity contribution in [3.63, 3.8) is 0 Å². The summed E-state index contributed by atoms with van der Waals surface area (Å²) in [5.74, 6) is 0. The van der Waals surface area contributed by atoms with Gasteiger partial charge in [-0.2, -0.15) is 0 Å². The van der Waals surface area contributed by atoms with Gasteiger partial charge in [-0.15, -0.1) is 10.2 Å². The molecule has 0 fully saturated rings. The molecule has 2 N–H and O–H groups in total. The van der Waals surface area contributed by atoms with Crippen molar-refractivity contribution < 1.29 is 0 Å².